The lowest BCUT2D eigenvalue weighted by Crippen LogP contribution is -2.44. The Morgan fingerprint density at radius 2 is 2.62 bits per heavy atom. The predicted octanol–water partition coefficient (Wildman–Crippen LogP) is 0.743. The fourth-order valence-corrected chi connectivity index (χ4v) is 2.29. The zero-order chi connectivity index (χ0) is 11.2. The van der Waals surface area contributed by atoms with E-state index in [0.29, 0.717) is 19.6 Å². The van der Waals surface area contributed by atoms with Crippen LogP contribution in [0.3, 0.4) is 0 Å². The van der Waals surface area contributed by atoms with Crippen molar-refractivity contribution < 1.29 is 9.53 Å². The second kappa shape index (κ2) is 5.98. The molecule has 2 rings (SSSR count). The number of carbonyl (C=O) groups excluding carboxylic acids is 1. The van der Waals surface area contributed by atoms with Crippen LogP contribution in [0.2, 0.25) is 0 Å². The van der Waals surface area contributed by atoms with Gasteiger partial charge in [-0.15, -0.1) is 11.3 Å². The van der Waals surface area contributed by atoms with Crippen molar-refractivity contribution in [2.45, 2.75) is 19.0 Å². The lowest BCUT2D eigenvalue weighted by molar-refractivity contribution is -0.122. The summed E-state index contributed by atoms with van der Waals surface area (Å²) >= 11 is 1.66. The van der Waals surface area contributed by atoms with E-state index in [2.05, 4.69) is 10.6 Å². The molecule has 1 amide bonds. The van der Waals surface area contributed by atoms with Crippen LogP contribution in [0, 0.1) is 0 Å². The highest BCUT2D eigenvalue weighted by molar-refractivity contribution is 7.09. The third-order valence-corrected chi connectivity index (χ3v) is 3.35. The summed E-state index contributed by atoms with van der Waals surface area (Å²) in [7, 11) is 0. The van der Waals surface area contributed by atoms with Gasteiger partial charge in [0.15, 0.2) is 0 Å². The van der Waals surface area contributed by atoms with Crippen LogP contribution >= 0.6 is 11.3 Å². The molecule has 4 nitrogen and oxygen atoms in total. The summed E-state index contributed by atoms with van der Waals surface area (Å²) in [5.41, 5.74) is 0. The van der Waals surface area contributed by atoms with E-state index in [-0.39, 0.29) is 11.9 Å². The number of hydrogen-bond acceptors (Lipinski definition) is 4. The number of morpholine rings is 1. The molecule has 1 aromatic heterocycles. The van der Waals surface area contributed by atoms with E-state index < -0.39 is 0 Å². The van der Waals surface area contributed by atoms with Gasteiger partial charge in [0.05, 0.1) is 19.8 Å². The van der Waals surface area contributed by atoms with Crippen molar-refractivity contribution in [3.8, 4) is 0 Å². The second-order valence-electron chi connectivity index (χ2n) is 3.79. The second-order valence-corrected chi connectivity index (χ2v) is 4.82. The number of amides is 1. The molecule has 5 heteroatoms. The molecule has 0 aromatic carbocycles. The highest BCUT2D eigenvalue weighted by atomic mass is 32.1. The molecular weight excluding hydrogens is 224 g/mol. The fourth-order valence-electron chi connectivity index (χ4n) is 1.65. The predicted molar refractivity (Wildman–Crippen MR) is 63.4 cm³/mol. The molecule has 88 valence electrons. The quantitative estimate of drug-likeness (QED) is 0.816. The Balaban J connectivity index is 1.67. The summed E-state index contributed by atoms with van der Waals surface area (Å²) < 4.78 is 5.29. The third kappa shape index (κ3) is 3.59. The summed E-state index contributed by atoms with van der Waals surface area (Å²) in [6.45, 7) is 2.84. The highest BCUT2D eigenvalue weighted by Crippen LogP contribution is 2.07. The lowest BCUT2D eigenvalue weighted by Gasteiger charge is -2.23. The zero-order valence-electron chi connectivity index (χ0n) is 9.07. The van der Waals surface area contributed by atoms with Gasteiger partial charge in [-0.1, -0.05) is 6.07 Å². The van der Waals surface area contributed by atoms with Crippen LogP contribution in [0.25, 0.3) is 0 Å². The van der Waals surface area contributed by atoms with E-state index in [9.17, 15) is 4.79 Å². The van der Waals surface area contributed by atoms with Crippen molar-refractivity contribution in [2.75, 3.05) is 19.8 Å². The first-order valence-corrected chi connectivity index (χ1v) is 6.33. The number of thiophene rings is 1. The molecule has 1 saturated heterocycles. The molecule has 0 aliphatic carbocycles. The molecule has 2 N–H and O–H groups in total. The number of ether oxygens (including phenoxy) is 1. The van der Waals surface area contributed by atoms with Crippen LogP contribution in [0.1, 0.15) is 11.3 Å². The number of hydrogen-bond donors (Lipinski definition) is 2. The van der Waals surface area contributed by atoms with Crippen molar-refractivity contribution >= 4 is 17.2 Å². The Bertz CT molecular complexity index is 321. The smallest absolute Gasteiger partial charge is 0.221 e. The van der Waals surface area contributed by atoms with Gasteiger partial charge in [-0.05, 0) is 11.4 Å². The first kappa shape index (κ1) is 11.6. The van der Waals surface area contributed by atoms with Crippen LogP contribution in [0.5, 0.6) is 0 Å². The van der Waals surface area contributed by atoms with Gasteiger partial charge in [-0.25, -0.2) is 0 Å². The molecule has 1 unspecified atom stereocenters. The van der Waals surface area contributed by atoms with E-state index in [0.717, 1.165) is 13.2 Å². The van der Waals surface area contributed by atoms with Crippen LogP contribution in [-0.2, 0) is 16.1 Å². The molecular formula is C11H16N2O2S. The lowest BCUT2D eigenvalue weighted by atomic mass is 10.2. The number of nitrogens with one attached hydrogen (secondary N) is 2. The molecule has 1 aromatic rings. The van der Waals surface area contributed by atoms with Gasteiger partial charge in [-0.3, -0.25) is 4.79 Å². The van der Waals surface area contributed by atoms with E-state index >= 15 is 0 Å². The van der Waals surface area contributed by atoms with Crippen molar-refractivity contribution in [2.24, 2.45) is 0 Å². The molecule has 1 fully saturated rings. The molecule has 1 atom stereocenters. The first-order valence-electron chi connectivity index (χ1n) is 5.45. The van der Waals surface area contributed by atoms with Crippen LogP contribution in [-0.4, -0.2) is 31.7 Å². The first-order chi connectivity index (χ1) is 7.84. The zero-order valence-corrected chi connectivity index (χ0v) is 9.89. The molecule has 0 spiro atoms. The van der Waals surface area contributed by atoms with Crippen molar-refractivity contribution in [3.05, 3.63) is 22.4 Å². The Labute approximate surface area is 99.0 Å². The minimum atomic E-state index is 0.0800. The van der Waals surface area contributed by atoms with Crippen LogP contribution < -0.4 is 10.6 Å². The molecule has 2 heterocycles. The normalized spacial score (nSPS) is 20.6. The third-order valence-electron chi connectivity index (χ3n) is 2.47. The monoisotopic (exact) mass is 240 g/mol. The summed E-state index contributed by atoms with van der Waals surface area (Å²) in [6, 6.07) is 4.17. The maximum atomic E-state index is 11.6. The van der Waals surface area contributed by atoms with Gasteiger partial charge in [0.1, 0.15) is 0 Å². The summed E-state index contributed by atoms with van der Waals surface area (Å²) in [4.78, 5) is 12.8. The van der Waals surface area contributed by atoms with Gasteiger partial charge in [0, 0.05) is 23.9 Å². The maximum Gasteiger partial charge on any atom is 0.221 e. The molecule has 1 aliphatic heterocycles. The van der Waals surface area contributed by atoms with E-state index in [1.54, 1.807) is 11.3 Å². The molecule has 1 aliphatic rings. The Morgan fingerprint density at radius 1 is 1.69 bits per heavy atom. The van der Waals surface area contributed by atoms with Crippen molar-refractivity contribution in [3.63, 3.8) is 0 Å². The van der Waals surface area contributed by atoms with Crippen molar-refractivity contribution in [1.29, 1.82) is 0 Å². The fraction of sp³-hybridized carbons (Fsp3) is 0.545. The summed E-state index contributed by atoms with van der Waals surface area (Å²) in [6.07, 6.45) is 0.491. The van der Waals surface area contributed by atoms with Gasteiger partial charge in [0.2, 0.25) is 5.91 Å². The minimum absolute atomic E-state index is 0.0800. The average Bonchev–Trinajstić information content (AvgIpc) is 2.81. The largest absolute Gasteiger partial charge is 0.378 e. The molecule has 16 heavy (non-hydrogen) atoms. The average molecular weight is 240 g/mol. The Morgan fingerprint density at radius 3 is 3.31 bits per heavy atom. The highest BCUT2D eigenvalue weighted by Gasteiger charge is 2.16. The van der Waals surface area contributed by atoms with Crippen LogP contribution in [0.15, 0.2) is 17.5 Å². The molecule has 0 bridgehead atoms. The Kier molecular flexibility index (Phi) is 4.33. The Hall–Kier alpha value is -0.910. The van der Waals surface area contributed by atoms with Gasteiger partial charge < -0.3 is 15.4 Å². The number of carbonyl (C=O) groups is 1. The van der Waals surface area contributed by atoms with Gasteiger partial charge >= 0.3 is 0 Å². The van der Waals surface area contributed by atoms with Crippen LogP contribution in [0.4, 0.5) is 0 Å². The van der Waals surface area contributed by atoms with E-state index in [1.807, 2.05) is 17.5 Å². The van der Waals surface area contributed by atoms with Gasteiger partial charge in [0.25, 0.3) is 0 Å². The van der Waals surface area contributed by atoms with E-state index in [1.165, 1.54) is 4.88 Å². The van der Waals surface area contributed by atoms with Gasteiger partial charge in [-0.2, -0.15) is 0 Å². The summed E-state index contributed by atoms with van der Waals surface area (Å²) in [5.74, 6) is 0.0800. The topological polar surface area (TPSA) is 50.4 Å². The van der Waals surface area contributed by atoms with E-state index in [4.69, 9.17) is 4.74 Å². The molecule has 0 saturated carbocycles. The van der Waals surface area contributed by atoms with Crippen molar-refractivity contribution in [1.82, 2.24) is 10.6 Å². The summed E-state index contributed by atoms with van der Waals surface area (Å²) in [5, 5.41) is 8.18. The molecule has 0 radical (unpaired) electrons. The number of rotatable bonds is 4. The minimum Gasteiger partial charge on any atom is -0.378 e. The maximum absolute atomic E-state index is 11.6. The SMILES string of the molecule is O=C(CC1COCCN1)NCc1cccs1. The standard InChI is InChI=1S/C11H16N2O2S/c14-11(6-9-8-15-4-3-12-9)13-7-10-2-1-5-16-10/h1-2,5,9,12H,3-4,6-8H2,(H,13,14).